The van der Waals surface area contributed by atoms with Crippen LogP contribution in [0, 0.1) is 11.3 Å². The fourth-order valence-electron chi connectivity index (χ4n) is 3.19. The van der Waals surface area contributed by atoms with E-state index in [-0.39, 0.29) is 0 Å². The molecule has 0 N–H and O–H groups in total. The maximum absolute atomic E-state index is 8.86. The minimum absolute atomic E-state index is 0.480. The number of piperazine rings is 1. The molecule has 1 heterocycles. The van der Waals surface area contributed by atoms with Gasteiger partial charge in [-0.1, -0.05) is 42.5 Å². The smallest absolute Gasteiger partial charge is 0.0991 e. The summed E-state index contributed by atoms with van der Waals surface area (Å²) >= 11 is 0. The maximum Gasteiger partial charge on any atom is 0.0991 e. The van der Waals surface area contributed by atoms with Crippen LogP contribution < -0.4 is 0 Å². The summed E-state index contributed by atoms with van der Waals surface area (Å²) in [4.78, 5) is 5.06. The molecule has 23 heavy (non-hydrogen) atoms. The number of nitrogens with zero attached hydrogens (tertiary/aromatic N) is 3. The van der Waals surface area contributed by atoms with Crippen molar-refractivity contribution in [2.75, 3.05) is 26.2 Å². The summed E-state index contributed by atoms with van der Waals surface area (Å²) in [6, 6.07) is 21.3. The molecule has 0 aromatic heterocycles. The summed E-state index contributed by atoms with van der Waals surface area (Å²) in [7, 11) is 0. The van der Waals surface area contributed by atoms with E-state index in [1.807, 2.05) is 12.1 Å². The molecule has 3 rings (SSSR count). The molecule has 0 saturated carbocycles. The highest BCUT2D eigenvalue weighted by atomic mass is 15.3. The first-order valence-electron chi connectivity index (χ1n) is 8.26. The van der Waals surface area contributed by atoms with Crippen LogP contribution in [0.1, 0.15) is 29.7 Å². The Balaban J connectivity index is 1.53. The monoisotopic (exact) mass is 305 g/mol. The molecule has 1 saturated heterocycles. The van der Waals surface area contributed by atoms with E-state index in [0.717, 1.165) is 38.3 Å². The van der Waals surface area contributed by atoms with Gasteiger partial charge >= 0.3 is 0 Å². The summed E-state index contributed by atoms with van der Waals surface area (Å²) in [5.41, 5.74) is 3.41. The summed E-state index contributed by atoms with van der Waals surface area (Å²) in [5.74, 6) is 0. The molecule has 0 radical (unpaired) electrons. The molecule has 1 fully saturated rings. The number of nitriles is 1. The normalized spacial score (nSPS) is 17.6. The second kappa shape index (κ2) is 7.41. The van der Waals surface area contributed by atoms with Gasteiger partial charge in [0.05, 0.1) is 11.6 Å². The Bertz CT molecular complexity index is 650. The molecule has 118 valence electrons. The zero-order valence-electron chi connectivity index (χ0n) is 13.7. The van der Waals surface area contributed by atoms with Gasteiger partial charge in [0, 0.05) is 38.8 Å². The Kier molecular flexibility index (Phi) is 5.07. The van der Waals surface area contributed by atoms with Crippen LogP contribution >= 0.6 is 0 Å². The lowest BCUT2D eigenvalue weighted by Crippen LogP contribution is -2.46. The molecule has 3 nitrogen and oxygen atoms in total. The van der Waals surface area contributed by atoms with Gasteiger partial charge < -0.3 is 0 Å². The Morgan fingerprint density at radius 2 is 1.61 bits per heavy atom. The molecular formula is C20H23N3. The van der Waals surface area contributed by atoms with Gasteiger partial charge in [0.25, 0.3) is 0 Å². The zero-order chi connectivity index (χ0) is 16.1. The predicted molar refractivity (Wildman–Crippen MR) is 92.9 cm³/mol. The lowest BCUT2D eigenvalue weighted by molar-refractivity contribution is 0.0978. The van der Waals surface area contributed by atoms with Crippen molar-refractivity contribution in [1.82, 2.24) is 9.80 Å². The Morgan fingerprint density at radius 1 is 0.957 bits per heavy atom. The summed E-state index contributed by atoms with van der Waals surface area (Å²) in [6.45, 7) is 7.66. The van der Waals surface area contributed by atoms with Crippen LogP contribution in [0.4, 0.5) is 0 Å². The largest absolute Gasteiger partial charge is 0.297 e. The van der Waals surface area contributed by atoms with E-state index in [9.17, 15) is 0 Å². The first kappa shape index (κ1) is 15.7. The van der Waals surface area contributed by atoms with Gasteiger partial charge in [0.2, 0.25) is 0 Å². The molecular weight excluding hydrogens is 282 g/mol. The maximum atomic E-state index is 8.86. The summed E-state index contributed by atoms with van der Waals surface area (Å²) < 4.78 is 0. The van der Waals surface area contributed by atoms with Crippen LogP contribution in [-0.2, 0) is 6.54 Å². The van der Waals surface area contributed by atoms with E-state index in [1.165, 1.54) is 11.1 Å². The van der Waals surface area contributed by atoms with Gasteiger partial charge in [-0.15, -0.1) is 0 Å². The molecule has 2 aromatic rings. The number of hydrogen-bond donors (Lipinski definition) is 0. The van der Waals surface area contributed by atoms with E-state index < -0.39 is 0 Å². The molecule has 0 spiro atoms. The highest BCUT2D eigenvalue weighted by Crippen LogP contribution is 2.21. The lowest BCUT2D eigenvalue weighted by Gasteiger charge is -2.38. The van der Waals surface area contributed by atoms with E-state index in [1.54, 1.807) is 0 Å². The topological polar surface area (TPSA) is 30.3 Å². The molecule has 2 aromatic carbocycles. The second-order valence-electron chi connectivity index (χ2n) is 6.21. The highest BCUT2D eigenvalue weighted by molar-refractivity contribution is 5.31. The average molecular weight is 305 g/mol. The van der Waals surface area contributed by atoms with Gasteiger partial charge in [0.15, 0.2) is 0 Å². The van der Waals surface area contributed by atoms with Crippen LogP contribution in [0.2, 0.25) is 0 Å². The van der Waals surface area contributed by atoms with Crippen molar-refractivity contribution >= 4 is 0 Å². The molecule has 3 heteroatoms. The average Bonchev–Trinajstić information content (AvgIpc) is 2.63. The van der Waals surface area contributed by atoms with Crippen LogP contribution in [-0.4, -0.2) is 36.0 Å². The van der Waals surface area contributed by atoms with Crippen molar-refractivity contribution in [2.24, 2.45) is 0 Å². The number of hydrogen-bond acceptors (Lipinski definition) is 3. The first-order valence-corrected chi connectivity index (χ1v) is 8.26. The molecule has 1 aliphatic heterocycles. The van der Waals surface area contributed by atoms with Crippen molar-refractivity contribution in [3.63, 3.8) is 0 Å². The second-order valence-corrected chi connectivity index (χ2v) is 6.21. The van der Waals surface area contributed by atoms with Crippen molar-refractivity contribution < 1.29 is 0 Å². The SMILES string of the molecule is C[C@@H](c1ccccc1)N1CCN(Cc2ccc(C#N)cc2)CC1. The van der Waals surface area contributed by atoms with Gasteiger partial charge in [-0.2, -0.15) is 5.26 Å². The van der Waals surface area contributed by atoms with Crippen LogP contribution in [0.3, 0.4) is 0 Å². The fourth-order valence-corrected chi connectivity index (χ4v) is 3.19. The first-order chi connectivity index (χ1) is 11.3. The Hall–Kier alpha value is -2.15. The van der Waals surface area contributed by atoms with Crippen molar-refractivity contribution in [3.8, 4) is 6.07 Å². The minimum atomic E-state index is 0.480. The molecule has 0 aliphatic carbocycles. The quantitative estimate of drug-likeness (QED) is 0.867. The number of rotatable bonds is 4. The molecule has 1 atom stereocenters. The van der Waals surface area contributed by atoms with Gasteiger partial charge in [-0.05, 0) is 30.2 Å². The third-order valence-corrected chi connectivity index (χ3v) is 4.73. The molecule has 0 bridgehead atoms. The zero-order valence-corrected chi connectivity index (χ0v) is 13.7. The standard InChI is InChI=1S/C20H23N3/c1-17(20-5-3-2-4-6-20)23-13-11-22(12-14-23)16-19-9-7-18(15-21)8-10-19/h2-10,17H,11-14,16H2,1H3/t17-/m0/s1. The lowest BCUT2D eigenvalue weighted by atomic mass is 10.1. The van der Waals surface area contributed by atoms with Crippen molar-refractivity contribution in [2.45, 2.75) is 19.5 Å². The Labute approximate surface area is 138 Å². The summed E-state index contributed by atoms with van der Waals surface area (Å²) in [6.07, 6.45) is 0. The van der Waals surface area contributed by atoms with Gasteiger partial charge in [-0.25, -0.2) is 0 Å². The highest BCUT2D eigenvalue weighted by Gasteiger charge is 2.21. The summed E-state index contributed by atoms with van der Waals surface area (Å²) in [5, 5.41) is 8.86. The van der Waals surface area contributed by atoms with E-state index in [0.29, 0.717) is 6.04 Å². The van der Waals surface area contributed by atoms with E-state index in [2.05, 4.69) is 65.3 Å². The third-order valence-electron chi connectivity index (χ3n) is 4.73. The van der Waals surface area contributed by atoms with Crippen molar-refractivity contribution in [3.05, 3.63) is 71.3 Å². The van der Waals surface area contributed by atoms with Crippen LogP contribution in [0.5, 0.6) is 0 Å². The van der Waals surface area contributed by atoms with Crippen molar-refractivity contribution in [1.29, 1.82) is 5.26 Å². The fraction of sp³-hybridized carbons (Fsp3) is 0.350. The Morgan fingerprint density at radius 3 is 2.22 bits per heavy atom. The predicted octanol–water partition coefficient (Wildman–Crippen LogP) is 3.44. The third kappa shape index (κ3) is 3.98. The minimum Gasteiger partial charge on any atom is -0.297 e. The van der Waals surface area contributed by atoms with Crippen LogP contribution in [0.25, 0.3) is 0 Å². The molecule has 0 unspecified atom stereocenters. The van der Waals surface area contributed by atoms with Gasteiger partial charge in [-0.3, -0.25) is 9.80 Å². The van der Waals surface area contributed by atoms with E-state index in [4.69, 9.17) is 5.26 Å². The molecule has 1 aliphatic rings. The molecule has 0 amide bonds. The van der Waals surface area contributed by atoms with E-state index >= 15 is 0 Å². The number of benzene rings is 2. The van der Waals surface area contributed by atoms with Gasteiger partial charge in [0.1, 0.15) is 0 Å². The van der Waals surface area contributed by atoms with Crippen LogP contribution in [0.15, 0.2) is 54.6 Å².